The van der Waals surface area contributed by atoms with Crippen LogP contribution in [0.5, 0.6) is 0 Å². The van der Waals surface area contributed by atoms with Gasteiger partial charge in [-0.25, -0.2) is 12.8 Å². The minimum atomic E-state index is -3.83. The molecule has 0 atom stereocenters. The van der Waals surface area contributed by atoms with E-state index in [1.165, 1.54) is 35.7 Å². The van der Waals surface area contributed by atoms with Crippen LogP contribution < -0.4 is 4.72 Å². The number of benzene rings is 1. The number of hydrogen-bond acceptors (Lipinski definition) is 5. The summed E-state index contributed by atoms with van der Waals surface area (Å²) in [6.45, 7) is 1.69. The number of nitrogens with zero attached hydrogens (tertiary/aromatic N) is 1. The van der Waals surface area contributed by atoms with Gasteiger partial charge in [0.15, 0.2) is 5.76 Å². The van der Waals surface area contributed by atoms with Crippen LogP contribution in [-0.2, 0) is 10.0 Å². The predicted molar refractivity (Wildman–Crippen MR) is 86.8 cm³/mol. The quantitative estimate of drug-likeness (QED) is 0.740. The number of aromatic nitrogens is 1. The SMILES string of the molecule is Cc1sc(-c2ccno2)cc1S(=O)(=O)Nc1ccc(F)c(Cl)c1. The number of thiophene rings is 1. The minimum Gasteiger partial charge on any atom is -0.355 e. The lowest BCUT2D eigenvalue weighted by atomic mass is 10.3. The van der Waals surface area contributed by atoms with Crippen molar-refractivity contribution in [3.8, 4) is 10.6 Å². The van der Waals surface area contributed by atoms with Gasteiger partial charge in [-0.15, -0.1) is 11.3 Å². The van der Waals surface area contributed by atoms with Crippen molar-refractivity contribution >= 4 is 38.6 Å². The van der Waals surface area contributed by atoms with Gasteiger partial charge in [-0.05, 0) is 31.2 Å². The number of anilines is 1. The van der Waals surface area contributed by atoms with E-state index in [1.54, 1.807) is 13.0 Å². The molecule has 0 aliphatic carbocycles. The second-order valence-corrected chi connectivity index (χ2v) is 7.96. The first kappa shape index (κ1) is 16.0. The minimum absolute atomic E-state index is 0.120. The summed E-state index contributed by atoms with van der Waals surface area (Å²) in [7, 11) is -3.83. The lowest BCUT2D eigenvalue weighted by Gasteiger charge is -2.08. The number of aryl methyl sites for hydroxylation is 1. The van der Waals surface area contributed by atoms with Gasteiger partial charge in [-0.2, -0.15) is 0 Å². The summed E-state index contributed by atoms with van der Waals surface area (Å²) in [5, 5.41) is 3.44. The Morgan fingerprint density at radius 1 is 1.30 bits per heavy atom. The van der Waals surface area contributed by atoms with Gasteiger partial charge in [-0.3, -0.25) is 4.72 Å². The van der Waals surface area contributed by atoms with Crippen LogP contribution in [0.1, 0.15) is 4.88 Å². The smallest absolute Gasteiger partial charge is 0.263 e. The molecule has 23 heavy (non-hydrogen) atoms. The first-order chi connectivity index (χ1) is 10.9. The van der Waals surface area contributed by atoms with E-state index < -0.39 is 15.8 Å². The summed E-state index contributed by atoms with van der Waals surface area (Å²) in [6, 6.07) is 6.77. The maximum atomic E-state index is 13.2. The van der Waals surface area contributed by atoms with Crippen molar-refractivity contribution in [2.24, 2.45) is 0 Å². The fourth-order valence-corrected chi connectivity index (χ4v) is 4.75. The van der Waals surface area contributed by atoms with Gasteiger partial charge in [-0.1, -0.05) is 16.8 Å². The lowest BCUT2D eigenvalue weighted by Crippen LogP contribution is -2.13. The van der Waals surface area contributed by atoms with E-state index in [1.807, 2.05) is 0 Å². The molecule has 1 N–H and O–H groups in total. The average molecular weight is 373 g/mol. The number of hydrogen-bond donors (Lipinski definition) is 1. The summed E-state index contributed by atoms with van der Waals surface area (Å²) in [5.41, 5.74) is 0.184. The molecule has 0 saturated heterocycles. The Bertz CT molecular complexity index is 953. The molecule has 0 aliphatic rings. The van der Waals surface area contributed by atoms with E-state index in [0.29, 0.717) is 15.5 Å². The summed E-state index contributed by atoms with van der Waals surface area (Å²) in [6.07, 6.45) is 1.48. The van der Waals surface area contributed by atoms with Gasteiger partial charge in [0.05, 0.1) is 21.8 Å². The molecule has 0 fully saturated rings. The van der Waals surface area contributed by atoms with Gasteiger partial charge < -0.3 is 4.52 Å². The standard InChI is InChI=1S/C14H10ClFN2O3S2/c1-8-14(7-13(22-8)12-4-5-17-21-12)23(19,20)18-9-2-3-11(16)10(15)6-9/h2-7,18H,1H3. The second kappa shape index (κ2) is 5.95. The van der Waals surface area contributed by atoms with Gasteiger partial charge in [0, 0.05) is 10.9 Å². The van der Waals surface area contributed by atoms with Crippen molar-refractivity contribution in [3.63, 3.8) is 0 Å². The zero-order chi connectivity index (χ0) is 16.6. The molecule has 3 rings (SSSR count). The monoisotopic (exact) mass is 372 g/mol. The maximum absolute atomic E-state index is 13.2. The molecular formula is C14H10ClFN2O3S2. The second-order valence-electron chi connectivity index (χ2n) is 4.64. The normalized spacial score (nSPS) is 11.6. The highest BCUT2D eigenvalue weighted by molar-refractivity contribution is 7.93. The van der Waals surface area contributed by atoms with Crippen LogP contribution in [0.25, 0.3) is 10.6 Å². The molecule has 120 valence electrons. The molecular weight excluding hydrogens is 363 g/mol. The Morgan fingerprint density at radius 2 is 2.09 bits per heavy atom. The van der Waals surface area contributed by atoms with Gasteiger partial charge in [0.2, 0.25) is 0 Å². The number of halogens is 2. The molecule has 0 spiro atoms. The topological polar surface area (TPSA) is 72.2 Å². The molecule has 2 aromatic heterocycles. The van der Waals surface area contributed by atoms with Crippen molar-refractivity contribution in [1.29, 1.82) is 0 Å². The van der Waals surface area contributed by atoms with Crippen molar-refractivity contribution in [2.45, 2.75) is 11.8 Å². The molecule has 0 saturated carbocycles. The molecule has 0 aliphatic heterocycles. The van der Waals surface area contributed by atoms with E-state index in [9.17, 15) is 12.8 Å². The highest BCUT2D eigenvalue weighted by atomic mass is 35.5. The third-order valence-electron chi connectivity index (χ3n) is 3.01. The summed E-state index contributed by atoms with van der Waals surface area (Å²) < 4.78 is 45.6. The van der Waals surface area contributed by atoms with E-state index in [4.69, 9.17) is 16.1 Å². The Labute approximate surface area is 140 Å². The highest BCUT2D eigenvalue weighted by Gasteiger charge is 2.22. The molecule has 5 nitrogen and oxygen atoms in total. The van der Waals surface area contributed by atoms with Crippen molar-refractivity contribution < 1.29 is 17.3 Å². The van der Waals surface area contributed by atoms with Crippen molar-refractivity contribution in [3.05, 3.63) is 52.2 Å². The summed E-state index contributed by atoms with van der Waals surface area (Å²) >= 11 is 6.94. The molecule has 0 unspecified atom stereocenters. The molecule has 0 amide bonds. The fraction of sp³-hybridized carbons (Fsp3) is 0.0714. The van der Waals surface area contributed by atoms with Crippen LogP contribution in [0, 0.1) is 12.7 Å². The predicted octanol–water partition coefficient (Wildman–Crippen LogP) is 4.30. The first-order valence-electron chi connectivity index (χ1n) is 6.36. The molecule has 0 bridgehead atoms. The summed E-state index contributed by atoms with van der Waals surface area (Å²) in [5.74, 6) is -0.127. The van der Waals surface area contributed by atoms with Crippen LogP contribution in [0.4, 0.5) is 10.1 Å². The maximum Gasteiger partial charge on any atom is 0.263 e. The Balaban J connectivity index is 1.95. The van der Waals surface area contributed by atoms with Gasteiger partial charge in [0.1, 0.15) is 10.7 Å². The number of nitrogens with one attached hydrogen (secondary N) is 1. The zero-order valence-corrected chi connectivity index (χ0v) is 14.1. The van der Waals surface area contributed by atoms with E-state index in [0.717, 1.165) is 6.07 Å². The number of sulfonamides is 1. The molecule has 9 heteroatoms. The highest BCUT2D eigenvalue weighted by Crippen LogP contribution is 2.34. The van der Waals surface area contributed by atoms with E-state index in [-0.39, 0.29) is 15.6 Å². The number of rotatable bonds is 4. The zero-order valence-electron chi connectivity index (χ0n) is 11.7. The molecule has 3 aromatic rings. The fourth-order valence-electron chi connectivity index (χ4n) is 1.97. The van der Waals surface area contributed by atoms with E-state index in [2.05, 4.69) is 9.88 Å². The lowest BCUT2D eigenvalue weighted by molar-refractivity contribution is 0.433. The molecule has 0 radical (unpaired) electrons. The van der Waals surface area contributed by atoms with Crippen molar-refractivity contribution in [2.75, 3.05) is 4.72 Å². The largest absolute Gasteiger partial charge is 0.355 e. The molecule has 1 aromatic carbocycles. The van der Waals surface area contributed by atoms with Gasteiger partial charge >= 0.3 is 0 Å². The third-order valence-corrected chi connectivity index (χ3v) is 6.01. The van der Waals surface area contributed by atoms with Crippen molar-refractivity contribution in [1.82, 2.24) is 5.16 Å². The Morgan fingerprint density at radius 3 is 2.74 bits per heavy atom. The van der Waals surface area contributed by atoms with Gasteiger partial charge in [0.25, 0.3) is 10.0 Å². The van der Waals surface area contributed by atoms with Crippen LogP contribution in [0.15, 0.2) is 45.9 Å². The molecule has 2 heterocycles. The Kier molecular flexibility index (Phi) is 4.13. The average Bonchev–Trinajstić information content (AvgIpc) is 3.11. The van der Waals surface area contributed by atoms with Crippen LogP contribution in [0.3, 0.4) is 0 Å². The van der Waals surface area contributed by atoms with Crippen LogP contribution in [-0.4, -0.2) is 13.6 Å². The Hall–Kier alpha value is -1.90. The first-order valence-corrected chi connectivity index (χ1v) is 9.04. The van der Waals surface area contributed by atoms with E-state index >= 15 is 0 Å². The third kappa shape index (κ3) is 3.24. The summed E-state index contributed by atoms with van der Waals surface area (Å²) in [4.78, 5) is 1.36. The van der Waals surface area contributed by atoms with Crippen LogP contribution in [0.2, 0.25) is 5.02 Å². The van der Waals surface area contributed by atoms with Crippen LogP contribution >= 0.6 is 22.9 Å².